The van der Waals surface area contributed by atoms with E-state index in [-0.39, 0.29) is 11.4 Å². The number of hydrazone groups is 1. The molecule has 0 aliphatic carbocycles. The van der Waals surface area contributed by atoms with Crippen molar-refractivity contribution < 1.29 is 22.7 Å². The number of rotatable bonds is 7. The third-order valence-electron chi connectivity index (χ3n) is 4.74. The van der Waals surface area contributed by atoms with Gasteiger partial charge in [-0.25, -0.2) is 13.8 Å². The second-order valence-electron chi connectivity index (χ2n) is 6.54. The first-order chi connectivity index (χ1) is 14.4. The summed E-state index contributed by atoms with van der Waals surface area (Å²) >= 11 is 5.84. The minimum atomic E-state index is -3.82. The van der Waals surface area contributed by atoms with Crippen LogP contribution in [0.1, 0.15) is 18.4 Å². The van der Waals surface area contributed by atoms with E-state index in [9.17, 15) is 13.2 Å². The zero-order valence-electron chi connectivity index (χ0n) is 16.5. The summed E-state index contributed by atoms with van der Waals surface area (Å²) < 4.78 is 37.6. The molecule has 2 aromatic carbocycles. The fourth-order valence-corrected chi connectivity index (χ4v) is 5.07. The quantitative estimate of drug-likeness (QED) is 0.515. The van der Waals surface area contributed by atoms with Gasteiger partial charge in [-0.1, -0.05) is 17.7 Å². The third-order valence-corrected chi connectivity index (χ3v) is 6.91. The Labute approximate surface area is 180 Å². The van der Waals surface area contributed by atoms with Crippen LogP contribution < -0.4 is 14.9 Å². The van der Waals surface area contributed by atoms with Crippen LogP contribution in [0.15, 0.2) is 52.5 Å². The maximum Gasteiger partial charge on any atom is 0.258 e. The maximum absolute atomic E-state index is 12.9. The summed E-state index contributed by atoms with van der Waals surface area (Å²) in [5.41, 5.74) is 3.04. The first-order valence-electron chi connectivity index (χ1n) is 9.20. The van der Waals surface area contributed by atoms with Gasteiger partial charge in [0, 0.05) is 17.1 Å². The molecule has 1 atom stereocenters. The maximum atomic E-state index is 12.9. The lowest BCUT2D eigenvalue weighted by atomic mass is 10.2. The molecule has 1 amide bonds. The molecule has 0 aromatic heterocycles. The predicted molar refractivity (Wildman–Crippen MR) is 114 cm³/mol. The van der Waals surface area contributed by atoms with E-state index in [0.717, 1.165) is 0 Å². The smallest absolute Gasteiger partial charge is 0.258 e. The van der Waals surface area contributed by atoms with Crippen molar-refractivity contribution in [2.75, 3.05) is 20.8 Å². The fraction of sp³-hybridized carbons (Fsp3) is 0.300. The highest BCUT2D eigenvalue weighted by molar-refractivity contribution is 7.89. The first kappa shape index (κ1) is 22.1. The van der Waals surface area contributed by atoms with E-state index in [1.54, 1.807) is 18.2 Å². The Kier molecular flexibility index (Phi) is 6.96. The summed E-state index contributed by atoms with van der Waals surface area (Å²) in [7, 11) is -0.791. The lowest BCUT2D eigenvalue weighted by Crippen LogP contribution is -2.44. The molecule has 10 heteroatoms. The molecule has 0 bridgehead atoms. The average molecular weight is 452 g/mol. The molecule has 1 heterocycles. The zero-order valence-corrected chi connectivity index (χ0v) is 18.1. The number of benzene rings is 2. The number of carbonyl (C=O) groups excluding carboxylic acids is 1. The summed E-state index contributed by atoms with van der Waals surface area (Å²) in [5, 5.41) is 4.41. The highest BCUT2D eigenvalue weighted by atomic mass is 35.5. The molecule has 1 aliphatic rings. The third kappa shape index (κ3) is 4.58. The zero-order chi connectivity index (χ0) is 21.7. The highest BCUT2D eigenvalue weighted by Gasteiger charge is 2.39. The number of nitrogens with zero attached hydrogens (tertiary/aromatic N) is 2. The lowest BCUT2D eigenvalue weighted by molar-refractivity contribution is -0.124. The van der Waals surface area contributed by atoms with Gasteiger partial charge in [-0.05, 0) is 49.2 Å². The summed E-state index contributed by atoms with van der Waals surface area (Å²) in [5.74, 6) is 0.512. The number of sulfonamides is 1. The summed E-state index contributed by atoms with van der Waals surface area (Å²) in [4.78, 5) is 12.7. The van der Waals surface area contributed by atoms with E-state index >= 15 is 0 Å². The van der Waals surface area contributed by atoms with Gasteiger partial charge in [-0.15, -0.1) is 0 Å². The standard InChI is InChI=1S/C20H22ClN3O5S/c1-28-18-7-3-5-14(19(18)29-2)13-22-23-20(25)17-6-4-12-24(17)30(26,27)16-10-8-15(21)9-11-16/h3,5,7-11,13,17H,4,6,12H2,1-2H3,(H,23,25)/t17-/m0/s1. The molecule has 30 heavy (non-hydrogen) atoms. The minimum absolute atomic E-state index is 0.0937. The van der Waals surface area contributed by atoms with E-state index in [1.807, 2.05) is 0 Å². The second-order valence-corrected chi connectivity index (χ2v) is 8.87. The topological polar surface area (TPSA) is 97.3 Å². The molecule has 1 fully saturated rings. The van der Waals surface area contributed by atoms with Crippen molar-refractivity contribution in [1.82, 2.24) is 9.73 Å². The highest BCUT2D eigenvalue weighted by Crippen LogP contribution is 2.29. The first-order valence-corrected chi connectivity index (χ1v) is 11.0. The summed E-state index contributed by atoms with van der Waals surface area (Å²) in [6.45, 7) is 0.260. The molecule has 1 aliphatic heterocycles. The second kappa shape index (κ2) is 9.46. The Morgan fingerprint density at radius 3 is 2.60 bits per heavy atom. The molecular formula is C20H22ClN3O5S. The van der Waals surface area contributed by atoms with Crippen molar-refractivity contribution in [1.29, 1.82) is 0 Å². The molecule has 0 unspecified atom stereocenters. The molecule has 0 saturated carbocycles. The van der Waals surface area contributed by atoms with Crippen LogP contribution >= 0.6 is 11.6 Å². The van der Waals surface area contributed by atoms with Crippen LogP contribution in [0.25, 0.3) is 0 Å². The fourth-order valence-electron chi connectivity index (χ4n) is 3.29. The van der Waals surface area contributed by atoms with Crippen molar-refractivity contribution in [2.45, 2.75) is 23.8 Å². The largest absolute Gasteiger partial charge is 0.493 e. The number of halogens is 1. The molecular weight excluding hydrogens is 430 g/mol. The van der Waals surface area contributed by atoms with Crippen LogP contribution in [-0.2, 0) is 14.8 Å². The number of hydrogen-bond donors (Lipinski definition) is 1. The number of amides is 1. The lowest BCUT2D eigenvalue weighted by Gasteiger charge is -2.22. The Balaban J connectivity index is 1.74. The van der Waals surface area contributed by atoms with Crippen LogP contribution in [0.5, 0.6) is 11.5 Å². The van der Waals surface area contributed by atoms with Crippen molar-refractivity contribution in [3.63, 3.8) is 0 Å². The number of methoxy groups -OCH3 is 2. The van der Waals surface area contributed by atoms with Gasteiger partial charge in [0.05, 0.1) is 25.3 Å². The number of carbonyl (C=O) groups is 1. The molecule has 2 aromatic rings. The van der Waals surface area contributed by atoms with Gasteiger partial charge in [0.15, 0.2) is 11.5 Å². The van der Waals surface area contributed by atoms with Gasteiger partial charge < -0.3 is 9.47 Å². The molecule has 0 spiro atoms. The molecule has 1 N–H and O–H groups in total. The summed E-state index contributed by atoms with van der Waals surface area (Å²) in [6.07, 6.45) is 2.42. The van der Waals surface area contributed by atoms with Crippen LogP contribution in [-0.4, -0.2) is 51.7 Å². The SMILES string of the molecule is COc1cccc(C=NNC(=O)[C@@H]2CCCN2S(=O)(=O)c2ccc(Cl)cc2)c1OC. The van der Waals surface area contributed by atoms with Crippen LogP contribution in [0, 0.1) is 0 Å². The predicted octanol–water partition coefficient (Wildman–Crippen LogP) is 2.66. The van der Waals surface area contributed by atoms with Crippen LogP contribution in [0.2, 0.25) is 5.02 Å². The monoisotopic (exact) mass is 451 g/mol. The van der Waals surface area contributed by atoms with Crippen molar-refractivity contribution in [3.05, 3.63) is 53.1 Å². The molecule has 3 rings (SSSR count). The van der Waals surface area contributed by atoms with Gasteiger partial charge in [0.2, 0.25) is 10.0 Å². The average Bonchev–Trinajstić information content (AvgIpc) is 3.24. The van der Waals surface area contributed by atoms with E-state index < -0.39 is 22.0 Å². The molecule has 160 valence electrons. The van der Waals surface area contributed by atoms with E-state index in [1.165, 1.54) is 49.0 Å². The Bertz CT molecular complexity index is 1040. The van der Waals surface area contributed by atoms with Gasteiger partial charge >= 0.3 is 0 Å². The molecule has 8 nitrogen and oxygen atoms in total. The van der Waals surface area contributed by atoms with E-state index in [4.69, 9.17) is 21.1 Å². The molecule has 1 saturated heterocycles. The van der Waals surface area contributed by atoms with Crippen LogP contribution in [0.4, 0.5) is 0 Å². The van der Waals surface area contributed by atoms with E-state index in [2.05, 4.69) is 10.5 Å². The van der Waals surface area contributed by atoms with Gasteiger partial charge in [0.25, 0.3) is 5.91 Å². The van der Waals surface area contributed by atoms with Crippen molar-refractivity contribution >= 4 is 33.7 Å². The molecule has 0 radical (unpaired) electrons. The van der Waals surface area contributed by atoms with Gasteiger partial charge in [0.1, 0.15) is 6.04 Å². The van der Waals surface area contributed by atoms with Gasteiger partial charge in [-0.3, -0.25) is 4.79 Å². The Morgan fingerprint density at radius 1 is 1.20 bits per heavy atom. The van der Waals surface area contributed by atoms with Crippen molar-refractivity contribution in [3.8, 4) is 11.5 Å². The van der Waals surface area contributed by atoms with Gasteiger partial charge in [-0.2, -0.15) is 9.41 Å². The normalized spacial score (nSPS) is 17.2. The van der Waals surface area contributed by atoms with Crippen LogP contribution in [0.3, 0.4) is 0 Å². The Hall–Kier alpha value is -2.62. The number of hydrogen-bond acceptors (Lipinski definition) is 6. The number of ether oxygens (including phenoxy) is 2. The minimum Gasteiger partial charge on any atom is -0.493 e. The van der Waals surface area contributed by atoms with E-state index in [0.29, 0.717) is 34.9 Å². The number of para-hydroxylation sites is 1. The Morgan fingerprint density at radius 2 is 1.93 bits per heavy atom. The van der Waals surface area contributed by atoms with Crippen molar-refractivity contribution in [2.24, 2.45) is 5.10 Å². The summed E-state index contributed by atoms with van der Waals surface area (Å²) in [6, 6.07) is 10.3. The number of nitrogens with one attached hydrogen (secondary N) is 1.